The topological polar surface area (TPSA) is 49.3 Å². The highest BCUT2D eigenvalue weighted by molar-refractivity contribution is 5.78. The molecule has 2 aromatic rings. The first kappa shape index (κ1) is 20.1. The highest BCUT2D eigenvalue weighted by Crippen LogP contribution is 2.42. The van der Waals surface area contributed by atoms with Crippen LogP contribution in [0.3, 0.4) is 0 Å². The molecule has 1 unspecified atom stereocenters. The van der Waals surface area contributed by atoms with Gasteiger partial charge in [0, 0.05) is 13.0 Å². The third kappa shape index (κ3) is 4.32. The second-order valence-electron chi connectivity index (χ2n) is 7.75. The highest BCUT2D eigenvalue weighted by Gasteiger charge is 2.47. The fraction of sp³-hybridized carbons (Fsp3) is 0.409. The van der Waals surface area contributed by atoms with Gasteiger partial charge >= 0.3 is 0 Å². The van der Waals surface area contributed by atoms with Gasteiger partial charge < -0.3 is 14.9 Å². The Morgan fingerprint density at radius 3 is 1.85 bits per heavy atom. The van der Waals surface area contributed by atoms with Crippen molar-refractivity contribution < 1.29 is 14.4 Å². The summed E-state index contributed by atoms with van der Waals surface area (Å²) >= 11 is 0. The molecule has 4 heteroatoms. The Balaban J connectivity index is 2.65. The summed E-state index contributed by atoms with van der Waals surface area (Å²) in [7, 11) is 6.49. The molecule has 0 spiro atoms. The van der Waals surface area contributed by atoms with E-state index in [1.807, 2.05) is 36.4 Å². The summed E-state index contributed by atoms with van der Waals surface area (Å²) < 4.78 is 0.719. The lowest BCUT2D eigenvalue weighted by Gasteiger charge is -2.46. The zero-order chi connectivity index (χ0) is 19.2. The molecule has 140 valence electrons. The Hall–Kier alpha value is -2.17. The average Bonchev–Trinajstić information content (AvgIpc) is 2.64. The lowest BCUT2D eigenvalue weighted by Crippen LogP contribution is -2.57. The van der Waals surface area contributed by atoms with Gasteiger partial charge in [-0.1, -0.05) is 60.7 Å². The molecule has 26 heavy (non-hydrogen) atoms. The van der Waals surface area contributed by atoms with E-state index < -0.39 is 5.41 Å². The van der Waals surface area contributed by atoms with Crippen molar-refractivity contribution >= 4 is 5.91 Å². The predicted octanol–water partition coefficient (Wildman–Crippen LogP) is 2.57. The van der Waals surface area contributed by atoms with E-state index in [0.717, 1.165) is 15.6 Å². The molecule has 0 saturated carbocycles. The first-order valence-corrected chi connectivity index (χ1v) is 9.12. The Bertz CT molecular complexity index is 654. The van der Waals surface area contributed by atoms with E-state index in [1.54, 1.807) is 0 Å². The van der Waals surface area contributed by atoms with Crippen LogP contribution in [0.4, 0.5) is 0 Å². The normalized spacial score (nSPS) is 13.3. The minimum atomic E-state index is -0.472. The maximum atomic E-state index is 12.8. The van der Waals surface area contributed by atoms with Gasteiger partial charge in [-0.15, -0.1) is 0 Å². The van der Waals surface area contributed by atoms with Crippen molar-refractivity contribution in [2.75, 3.05) is 34.3 Å². The van der Waals surface area contributed by atoms with Crippen LogP contribution < -0.4 is 5.32 Å². The first-order valence-electron chi connectivity index (χ1n) is 9.12. The molecule has 0 heterocycles. The van der Waals surface area contributed by atoms with Crippen molar-refractivity contribution in [1.82, 2.24) is 5.32 Å². The Kier molecular flexibility index (Phi) is 6.57. The summed E-state index contributed by atoms with van der Waals surface area (Å²) in [6.07, 6.45) is 0.331. The van der Waals surface area contributed by atoms with E-state index in [1.165, 1.54) is 0 Å². The number of quaternary nitrogens is 1. The molecular formula is C22H31N2O2+. The summed E-state index contributed by atoms with van der Waals surface area (Å²) in [6, 6.07) is 20.7. The quantitative estimate of drug-likeness (QED) is 0.715. The van der Waals surface area contributed by atoms with Gasteiger partial charge in [-0.3, -0.25) is 4.79 Å². The minimum absolute atomic E-state index is 0.0490. The number of benzene rings is 2. The number of hydrogen-bond acceptors (Lipinski definition) is 2. The van der Waals surface area contributed by atoms with Gasteiger partial charge in [0.1, 0.15) is 0 Å². The third-order valence-corrected chi connectivity index (χ3v) is 5.33. The van der Waals surface area contributed by atoms with Gasteiger partial charge in [-0.05, 0) is 18.1 Å². The second-order valence-corrected chi connectivity index (χ2v) is 7.75. The van der Waals surface area contributed by atoms with Crippen molar-refractivity contribution in [2.45, 2.75) is 24.8 Å². The van der Waals surface area contributed by atoms with Gasteiger partial charge in [0.05, 0.1) is 39.2 Å². The smallest absolute Gasteiger partial charge is 0.221 e. The molecule has 0 fully saturated rings. The molecule has 0 aliphatic carbocycles. The number of carbonyl (C=O) groups is 1. The zero-order valence-electron chi connectivity index (χ0n) is 16.3. The second kappa shape index (κ2) is 8.47. The van der Waals surface area contributed by atoms with E-state index in [4.69, 9.17) is 5.11 Å². The molecule has 0 aromatic heterocycles. The molecule has 1 atom stereocenters. The zero-order valence-corrected chi connectivity index (χ0v) is 16.3. The molecule has 4 nitrogen and oxygen atoms in total. The number of likely N-dealkylation sites (N-methyl/N-ethyl adjacent to an activating group) is 1. The van der Waals surface area contributed by atoms with Crippen LogP contribution in [0.15, 0.2) is 60.7 Å². The van der Waals surface area contributed by atoms with Crippen LogP contribution in [-0.4, -0.2) is 55.8 Å². The molecular weight excluding hydrogens is 324 g/mol. The molecule has 0 bridgehead atoms. The van der Waals surface area contributed by atoms with Crippen LogP contribution in [0.2, 0.25) is 0 Å². The number of amides is 1. The summed E-state index contributed by atoms with van der Waals surface area (Å²) in [5.41, 5.74) is 1.79. The van der Waals surface area contributed by atoms with Crippen molar-refractivity contribution in [3.05, 3.63) is 71.8 Å². The number of hydrogen-bond donors (Lipinski definition) is 2. The largest absolute Gasteiger partial charge is 0.395 e. The van der Waals surface area contributed by atoms with E-state index in [0.29, 0.717) is 6.42 Å². The molecule has 0 saturated heterocycles. The molecule has 0 aliphatic rings. The van der Waals surface area contributed by atoms with Crippen LogP contribution in [0.25, 0.3) is 0 Å². The summed E-state index contributed by atoms with van der Waals surface area (Å²) in [6.45, 7) is 2.43. The maximum Gasteiger partial charge on any atom is 0.221 e. The van der Waals surface area contributed by atoms with Gasteiger partial charge in [-0.2, -0.15) is 0 Å². The third-order valence-electron chi connectivity index (χ3n) is 5.33. The molecule has 0 aliphatic heterocycles. The van der Waals surface area contributed by atoms with E-state index in [-0.39, 0.29) is 25.1 Å². The number of aliphatic hydroxyl groups excluding tert-OH is 1. The molecule has 0 radical (unpaired) electrons. The van der Waals surface area contributed by atoms with Gasteiger partial charge in [0.2, 0.25) is 5.91 Å². The van der Waals surface area contributed by atoms with Crippen LogP contribution in [-0.2, 0) is 10.2 Å². The number of aliphatic hydroxyl groups is 1. The fourth-order valence-corrected chi connectivity index (χ4v) is 3.64. The fourth-order valence-electron chi connectivity index (χ4n) is 3.64. The molecule has 2 rings (SSSR count). The van der Waals surface area contributed by atoms with Gasteiger partial charge in [0.25, 0.3) is 0 Å². The summed E-state index contributed by atoms with van der Waals surface area (Å²) in [5, 5.41) is 11.9. The first-order chi connectivity index (χ1) is 12.3. The average molecular weight is 356 g/mol. The Labute approximate surface area is 157 Å². The lowest BCUT2D eigenvalue weighted by atomic mass is 9.66. The van der Waals surface area contributed by atoms with Crippen molar-refractivity contribution in [3.63, 3.8) is 0 Å². The van der Waals surface area contributed by atoms with Crippen molar-refractivity contribution in [3.8, 4) is 0 Å². The van der Waals surface area contributed by atoms with E-state index >= 15 is 0 Å². The van der Waals surface area contributed by atoms with Crippen LogP contribution >= 0.6 is 0 Å². The van der Waals surface area contributed by atoms with Gasteiger partial charge in [0.15, 0.2) is 0 Å². The van der Waals surface area contributed by atoms with Gasteiger partial charge in [-0.25, -0.2) is 0 Å². The van der Waals surface area contributed by atoms with Crippen molar-refractivity contribution in [2.24, 2.45) is 0 Å². The van der Waals surface area contributed by atoms with Crippen molar-refractivity contribution in [1.29, 1.82) is 0 Å². The van der Waals surface area contributed by atoms with E-state index in [9.17, 15) is 4.79 Å². The standard InChI is InChI=1S/C22H30N2O2/c1-18(24(2,3)4)22(17-21(26)23-15-16-25,19-11-7-5-8-12-19)20-13-9-6-10-14-20/h5-14,18,25H,15-17H2,1-4H3/p+1. The molecule has 2 aromatic carbocycles. The van der Waals surface area contributed by atoms with E-state index in [2.05, 4.69) is 57.6 Å². The number of nitrogens with zero attached hydrogens (tertiary/aromatic N) is 1. The Morgan fingerprint density at radius 1 is 1.00 bits per heavy atom. The molecule has 1 amide bonds. The predicted molar refractivity (Wildman–Crippen MR) is 106 cm³/mol. The number of carbonyl (C=O) groups excluding carboxylic acids is 1. The van der Waals surface area contributed by atoms with Crippen LogP contribution in [0.5, 0.6) is 0 Å². The van der Waals surface area contributed by atoms with Crippen LogP contribution in [0.1, 0.15) is 24.5 Å². The van der Waals surface area contributed by atoms with Crippen LogP contribution in [0, 0.1) is 0 Å². The molecule has 2 N–H and O–H groups in total. The highest BCUT2D eigenvalue weighted by atomic mass is 16.3. The SMILES string of the molecule is CC(C(CC(=O)NCCO)(c1ccccc1)c1ccccc1)[N+](C)(C)C. The maximum absolute atomic E-state index is 12.8. The monoisotopic (exact) mass is 355 g/mol. The lowest BCUT2D eigenvalue weighted by molar-refractivity contribution is -0.898. The Morgan fingerprint density at radius 2 is 1.46 bits per heavy atom. The minimum Gasteiger partial charge on any atom is -0.395 e. The number of nitrogens with one attached hydrogen (secondary N) is 1. The summed E-state index contributed by atoms with van der Waals surface area (Å²) in [4.78, 5) is 12.8. The summed E-state index contributed by atoms with van der Waals surface area (Å²) in [5.74, 6) is -0.0490. The number of rotatable bonds is 8.